The van der Waals surface area contributed by atoms with Gasteiger partial charge in [0.15, 0.2) is 0 Å². The topological polar surface area (TPSA) is 103 Å². The van der Waals surface area contributed by atoms with E-state index < -0.39 is 24.0 Å². The van der Waals surface area contributed by atoms with Crippen molar-refractivity contribution >= 4 is 17.8 Å². The van der Waals surface area contributed by atoms with Crippen LogP contribution in [-0.4, -0.2) is 54.5 Å². The van der Waals surface area contributed by atoms with Gasteiger partial charge in [-0.05, 0) is 24.5 Å². The lowest BCUT2D eigenvalue weighted by Gasteiger charge is -2.25. The van der Waals surface area contributed by atoms with Crippen molar-refractivity contribution < 1.29 is 23.5 Å². The van der Waals surface area contributed by atoms with Gasteiger partial charge >= 0.3 is 5.97 Å². The predicted octanol–water partition coefficient (Wildman–Crippen LogP) is 0.474. The summed E-state index contributed by atoms with van der Waals surface area (Å²) in [6.07, 6.45) is 1.93. The van der Waals surface area contributed by atoms with E-state index in [1.165, 1.54) is 24.3 Å². The molecule has 1 atom stereocenters. The molecule has 1 fully saturated rings. The van der Waals surface area contributed by atoms with Crippen molar-refractivity contribution in [2.24, 2.45) is 11.1 Å². The van der Waals surface area contributed by atoms with Crippen molar-refractivity contribution in [3.8, 4) is 0 Å². The standard InChI is InChI=1S/C16H20FN3O4/c1-24-15(23)16(4-6-17)5-7-20(10-16)13(21)8-11-2-3-12(14(18)22)19-9-11/h2-3,9H,4-8,10H2,1H3,(H2,18,22). The van der Waals surface area contributed by atoms with Crippen LogP contribution in [0.5, 0.6) is 0 Å². The molecule has 1 unspecified atom stereocenters. The van der Waals surface area contributed by atoms with Crippen LogP contribution >= 0.6 is 0 Å². The fraction of sp³-hybridized carbons (Fsp3) is 0.500. The SMILES string of the molecule is COC(=O)C1(CCF)CCN(C(=O)Cc2ccc(C(N)=O)nc2)C1. The number of esters is 1. The fourth-order valence-corrected chi connectivity index (χ4v) is 2.92. The van der Waals surface area contributed by atoms with Gasteiger partial charge in [-0.3, -0.25) is 23.8 Å². The number of nitrogens with two attached hydrogens (primary N) is 1. The smallest absolute Gasteiger partial charge is 0.313 e. The van der Waals surface area contributed by atoms with Gasteiger partial charge in [0.1, 0.15) is 5.69 Å². The zero-order chi connectivity index (χ0) is 17.7. The van der Waals surface area contributed by atoms with Crippen LogP contribution in [0.15, 0.2) is 18.3 Å². The Labute approximate surface area is 139 Å². The number of ether oxygens (including phenoxy) is 1. The molecular weight excluding hydrogens is 317 g/mol. The molecule has 0 aliphatic carbocycles. The average molecular weight is 337 g/mol. The van der Waals surface area contributed by atoms with Gasteiger partial charge in [-0.2, -0.15) is 0 Å². The molecular formula is C16H20FN3O4. The molecule has 0 saturated carbocycles. The highest BCUT2D eigenvalue weighted by molar-refractivity contribution is 5.90. The molecule has 0 spiro atoms. The summed E-state index contributed by atoms with van der Waals surface area (Å²) in [4.78, 5) is 40.8. The van der Waals surface area contributed by atoms with Crippen molar-refractivity contribution in [3.63, 3.8) is 0 Å². The first-order chi connectivity index (χ1) is 11.4. The van der Waals surface area contributed by atoms with Gasteiger partial charge in [0.05, 0.1) is 25.6 Å². The second-order valence-electron chi connectivity index (χ2n) is 5.87. The maximum Gasteiger partial charge on any atom is 0.313 e. The third kappa shape index (κ3) is 3.69. The molecule has 0 radical (unpaired) electrons. The number of likely N-dealkylation sites (tertiary alicyclic amines) is 1. The molecule has 2 amide bonds. The Balaban J connectivity index is 2.03. The number of methoxy groups -OCH3 is 1. The van der Waals surface area contributed by atoms with Crippen LogP contribution in [0.2, 0.25) is 0 Å². The van der Waals surface area contributed by atoms with Gasteiger partial charge in [0.25, 0.3) is 5.91 Å². The Morgan fingerprint density at radius 3 is 2.71 bits per heavy atom. The highest BCUT2D eigenvalue weighted by atomic mass is 19.1. The quantitative estimate of drug-likeness (QED) is 0.760. The molecule has 1 aromatic heterocycles. The lowest BCUT2D eigenvalue weighted by molar-refractivity contribution is -0.153. The van der Waals surface area contributed by atoms with Crippen LogP contribution in [-0.2, 0) is 20.7 Å². The van der Waals surface area contributed by atoms with Crippen LogP contribution in [0.1, 0.15) is 28.9 Å². The number of pyridine rings is 1. The second kappa shape index (κ2) is 7.37. The third-order valence-corrected chi connectivity index (χ3v) is 4.33. The molecule has 1 aliphatic rings. The minimum absolute atomic E-state index is 0.0400. The number of aromatic nitrogens is 1. The molecule has 2 N–H and O–H groups in total. The van der Waals surface area contributed by atoms with E-state index in [0.717, 1.165) is 0 Å². The summed E-state index contributed by atoms with van der Waals surface area (Å²) in [6, 6.07) is 3.06. The van der Waals surface area contributed by atoms with Gasteiger partial charge in [-0.15, -0.1) is 0 Å². The maximum absolute atomic E-state index is 12.8. The van der Waals surface area contributed by atoms with E-state index >= 15 is 0 Å². The lowest BCUT2D eigenvalue weighted by Crippen LogP contribution is -2.38. The molecule has 2 heterocycles. The zero-order valence-corrected chi connectivity index (χ0v) is 13.5. The summed E-state index contributed by atoms with van der Waals surface area (Å²) in [7, 11) is 1.26. The summed E-state index contributed by atoms with van der Waals surface area (Å²) in [5, 5.41) is 0. The van der Waals surface area contributed by atoms with Gasteiger partial charge in [0.2, 0.25) is 5.91 Å². The minimum Gasteiger partial charge on any atom is -0.469 e. The molecule has 1 saturated heterocycles. The van der Waals surface area contributed by atoms with Gasteiger partial charge in [-0.25, -0.2) is 0 Å². The number of amides is 2. The number of alkyl halides is 1. The van der Waals surface area contributed by atoms with E-state index in [4.69, 9.17) is 10.5 Å². The van der Waals surface area contributed by atoms with E-state index in [1.54, 1.807) is 6.07 Å². The number of halogens is 1. The number of nitrogens with zero attached hydrogens (tertiary/aromatic N) is 2. The van der Waals surface area contributed by atoms with Crippen LogP contribution in [0.4, 0.5) is 4.39 Å². The van der Waals surface area contributed by atoms with Crippen molar-refractivity contribution in [1.82, 2.24) is 9.88 Å². The Morgan fingerprint density at radius 2 is 2.17 bits per heavy atom. The predicted molar refractivity (Wildman–Crippen MR) is 82.7 cm³/mol. The van der Waals surface area contributed by atoms with E-state index in [9.17, 15) is 18.8 Å². The van der Waals surface area contributed by atoms with Crippen molar-refractivity contribution in [3.05, 3.63) is 29.6 Å². The molecule has 8 heteroatoms. The van der Waals surface area contributed by atoms with Crippen LogP contribution in [0.3, 0.4) is 0 Å². The highest BCUT2D eigenvalue weighted by Crippen LogP contribution is 2.35. The van der Waals surface area contributed by atoms with Crippen molar-refractivity contribution in [2.45, 2.75) is 19.3 Å². The van der Waals surface area contributed by atoms with Gasteiger partial charge in [-0.1, -0.05) is 6.07 Å². The largest absolute Gasteiger partial charge is 0.469 e. The normalized spacial score (nSPS) is 20.0. The lowest BCUT2D eigenvalue weighted by atomic mass is 9.84. The minimum atomic E-state index is -0.965. The van der Waals surface area contributed by atoms with Gasteiger partial charge in [0, 0.05) is 19.3 Å². The first-order valence-corrected chi connectivity index (χ1v) is 7.59. The maximum atomic E-state index is 12.8. The summed E-state index contributed by atoms with van der Waals surface area (Å²) in [6.45, 7) is -0.119. The average Bonchev–Trinajstić information content (AvgIpc) is 3.00. The Kier molecular flexibility index (Phi) is 5.48. The monoisotopic (exact) mass is 337 g/mol. The van der Waals surface area contributed by atoms with E-state index in [2.05, 4.69) is 4.98 Å². The Hall–Kier alpha value is -2.51. The van der Waals surface area contributed by atoms with E-state index in [1.807, 2.05) is 0 Å². The van der Waals surface area contributed by atoms with Crippen LogP contribution in [0.25, 0.3) is 0 Å². The van der Waals surface area contributed by atoms with Crippen LogP contribution in [0, 0.1) is 5.41 Å². The molecule has 2 rings (SSSR count). The number of primary amides is 1. The van der Waals surface area contributed by atoms with Crippen molar-refractivity contribution in [2.75, 3.05) is 26.9 Å². The molecule has 130 valence electrons. The molecule has 0 aromatic carbocycles. The summed E-state index contributed by atoms with van der Waals surface area (Å²) in [5.41, 5.74) is 4.90. The number of hydrogen-bond acceptors (Lipinski definition) is 5. The number of hydrogen-bond donors (Lipinski definition) is 1. The Bertz CT molecular complexity index is 635. The number of carbonyl (C=O) groups is 3. The zero-order valence-electron chi connectivity index (χ0n) is 13.5. The fourth-order valence-electron chi connectivity index (χ4n) is 2.92. The van der Waals surface area contributed by atoms with Crippen LogP contribution < -0.4 is 5.73 Å². The van der Waals surface area contributed by atoms with E-state index in [-0.39, 0.29) is 31.0 Å². The third-order valence-electron chi connectivity index (χ3n) is 4.33. The van der Waals surface area contributed by atoms with Crippen molar-refractivity contribution in [1.29, 1.82) is 0 Å². The second-order valence-corrected chi connectivity index (χ2v) is 5.87. The summed E-state index contributed by atoms with van der Waals surface area (Å²) in [5.74, 6) is -1.31. The number of carbonyl (C=O) groups excluding carboxylic acids is 3. The molecule has 1 aromatic rings. The Morgan fingerprint density at radius 1 is 1.42 bits per heavy atom. The molecule has 7 nitrogen and oxygen atoms in total. The molecule has 1 aliphatic heterocycles. The highest BCUT2D eigenvalue weighted by Gasteiger charge is 2.46. The summed E-state index contributed by atoms with van der Waals surface area (Å²) < 4.78 is 17.6. The first-order valence-electron chi connectivity index (χ1n) is 7.59. The molecule has 0 bridgehead atoms. The van der Waals surface area contributed by atoms with E-state index in [0.29, 0.717) is 18.5 Å². The summed E-state index contributed by atoms with van der Waals surface area (Å²) >= 11 is 0. The first kappa shape index (κ1) is 17.8. The number of rotatable bonds is 6. The molecule has 24 heavy (non-hydrogen) atoms. The van der Waals surface area contributed by atoms with Gasteiger partial charge < -0.3 is 15.4 Å².